The lowest BCUT2D eigenvalue weighted by molar-refractivity contribution is -0.169. The minimum absolute atomic E-state index is 0.0624. The fourth-order valence-electron chi connectivity index (χ4n) is 8.88. The monoisotopic (exact) mass is 427 g/mol. The second-order valence-corrected chi connectivity index (χ2v) is 11.7. The lowest BCUT2D eigenvalue weighted by Crippen LogP contribution is -2.63. The van der Waals surface area contributed by atoms with Crippen LogP contribution in [-0.2, 0) is 23.9 Å². The van der Waals surface area contributed by atoms with Gasteiger partial charge in [-0.25, -0.2) is 0 Å². The van der Waals surface area contributed by atoms with Crippen molar-refractivity contribution < 1.29 is 23.9 Å². The molecule has 0 bridgehead atoms. The van der Waals surface area contributed by atoms with Crippen molar-refractivity contribution in [2.24, 2.45) is 28.6 Å². The van der Waals surface area contributed by atoms with Crippen LogP contribution < -0.4 is 0 Å². The van der Waals surface area contributed by atoms with E-state index in [9.17, 15) is 14.4 Å². The molecule has 6 aliphatic rings. The summed E-state index contributed by atoms with van der Waals surface area (Å²) < 4.78 is 12.8. The molecule has 0 aromatic rings. The number of carbonyl (C=O) groups excluding carboxylic acids is 3. The molecular formula is C25H33NO5. The summed E-state index contributed by atoms with van der Waals surface area (Å²) in [7, 11) is 3.65. The average molecular weight is 428 g/mol. The second-order valence-electron chi connectivity index (χ2n) is 11.7. The summed E-state index contributed by atoms with van der Waals surface area (Å²) in [6.07, 6.45) is 7.90. The molecule has 4 aliphatic carbocycles. The third kappa shape index (κ3) is 2.16. The van der Waals surface area contributed by atoms with E-state index in [1.54, 1.807) is 4.90 Å². The Morgan fingerprint density at radius 3 is 2.58 bits per heavy atom. The zero-order chi connectivity index (χ0) is 22.0. The van der Waals surface area contributed by atoms with Crippen LogP contribution in [0.3, 0.4) is 0 Å². The van der Waals surface area contributed by atoms with Crippen LogP contribution in [0, 0.1) is 28.6 Å². The molecule has 31 heavy (non-hydrogen) atoms. The summed E-state index contributed by atoms with van der Waals surface area (Å²) >= 11 is 0. The topological polar surface area (TPSA) is 76.2 Å². The fraction of sp³-hybridized carbons (Fsp3) is 0.800. The van der Waals surface area contributed by atoms with Crippen LogP contribution >= 0.6 is 0 Å². The molecule has 2 aliphatic heterocycles. The van der Waals surface area contributed by atoms with Crippen molar-refractivity contribution in [2.45, 2.75) is 82.5 Å². The van der Waals surface area contributed by atoms with Crippen LogP contribution in [0.15, 0.2) is 11.6 Å². The van der Waals surface area contributed by atoms with E-state index in [-0.39, 0.29) is 57.9 Å². The Balaban J connectivity index is 1.49. The molecule has 1 amide bonds. The van der Waals surface area contributed by atoms with Crippen LogP contribution in [0.2, 0.25) is 0 Å². The molecule has 8 atom stereocenters. The number of epoxide rings is 1. The van der Waals surface area contributed by atoms with E-state index in [2.05, 4.69) is 13.8 Å². The summed E-state index contributed by atoms with van der Waals surface area (Å²) in [6, 6.07) is 0. The Labute approximate surface area is 183 Å². The minimum atomic E-state index is -0.405. The Morgan fingerprint density at radius 1 is 1.13 bits per heavy atom. The molecule has 0 N–H and O–H groups in total. The highest BCUT2D eigenvalue weighted by Crippen LogP contribution is 2.78. The Kier molecular flexibility index (Phi) is 3.74. The van der Waals surface area contributed by atoms with Crippen molar-refractivity contribution in [2.75, 3.05) is 14.1 Å². The van der Waals surface area contributed by atoms with Gasteiger partial charge in [-0.3, -0.25) is 14.4 Å². The molecule has 168 valence electrons. The molecule has 3 saturated carbocycles. The molecule has 5 fully saturated rings. The number of fused-ring (bicyclic) bond motifs is 4. The van der Waals surface area contributed by atoms with Crippen LogP contribution in [0.4, 0.5) is 0 Å². The van der Waals surface area contributed by atoms with Gasteiger partial charge in [0.2, 0.25) is 5.91 Å². The molecule has 6 rings (SSSR count). The van der Waals surface area contributed by atoms with E-state index in [4.69, 9.17) is 9.47 Å². The molecule has 2 spiro atoms. The molecule has 0 radical (unpaired) electrons. The molecule has 0 aromatic heterocycles. The standard InChI is InChI=1S/C25H33NO5/c1-22-8-5-15(27)11-14(22)12-16(21(29)26(3)4)20-17-6-9-24(10-7-19(28)31-24)23(17,2)13-18-25(20,22)30-18/h11,16-18,20H,5-10,12-13H2,1-4H3/t16?,17?,18-,20?,22-,23-,24+,25?/m0/s1. The van der Waals surface area contributed by atoms with Gasteiger partial charge in [-0.1, -0.05) is 19.4 Å². The number of amides is 1. The SMILES string of the molecule is CN(C)C(=O)C1CC2=CC(=O)CC[C@]2(C)C23O[C@H]2C[C@@]2(C)C(CC[C@@]24CCC(=O)O4)C13. The first-order valence-electron chi connectivity index (χ1n) is 11.9. The number of hydrogen-bond acceptors (Lipinski definition) is 5. The van der Waals surface area contributed by atoms with Gasteiger partial charge < -0.3 is 14.4 Å². The summed E-state index contributed by atoms with van der Waals surface area (Å²) in [5.41, 5.74) is -0.0133. The largest absolute Gasteiger partial charge is 0.458 e. The van der Waals surface area contributed by atoms with Crippen molar-refractivity contribution in [3.8, 4) is 0 Å². The van der Waals surface area contributed by atoms with E-state index in [1.807, 2.05) is 20.2 Å². The van der Waals surface area contributed by atoms with E-state index < -0.39 is 5.60 Å². The van der Waals surface area contributed by atoms with E-state index >= 15 is 0 Å². The molecular weight excluding hydrogens is 394 g/mol. The first kappa shape index (κ1) is 20.0. The highest BCUT2D eigenvalue weighted by atomic mass is 16.6. The number of carbonyl (C=O) groups is 3. The van der Waals surface area contributed by atoms with Crippen LogP contribution in [-0.4, -0.2) is 54.0 Å². The number of ketones is 1. The van der Waals surface area contributed by atoms with Gasteiger partial charge >= 0.3 is 5.97 Å². The third-order valence-corrected chi connectivity index (χ3v) is 10.5. The predicted molar refractivity (Wildman–Crippen MR) is 112 cm³/mol. The first-order chi connectivity index (χ1) is 14.6. The molecule has 2 heterocycles. The lowest BCUT2D eigenvalue weighted by Gasteiger charge is -2.59. The van der Waals surface area contributed by atoms with Gasteiger partial charge in [-0.15, -0.1) is 0 Å². The van der Waals surface area contributed by atoms with Crippen molar-refractivity contribution in [1.29, 1.82) is 0 Å². The first-order valence-corrected chi connectivity index (χ1v) is 11.9. The normalized spacial score (nSPS) is 51.9. The smallest absolute Gasteiger partial charge is 0.306 e. The van der Waals surface area contributed by atoms with Crippen molar-refractivity contribution in [1.82, 2.24) is 4.90 Å². The molecule has 2 saturated heterocycles. The summed E-state index contributed by atoms with van der Waals surface area (Å²) in [4.78, 5) is 39.7. The second kappa shape index (κ2) is 5.81. The van der Waals surface area contributed by atoms with Crippen molar-refractivity contribution in [3.05, 3.63) is 11.6 Å². The highest BCUT2D eigenvalue weighted by molar-refractivity contribution is 5.92. The van der Waals surface area contributed by atoms with Gasteiger partial charge in [0.15, 0.2) is 5.78 Å². The maximum Gasteiger partial charge on any atom is 0.306 e. The number of rotatable bonds is 1. The summed E-state index contributed by atoms with van der Waals surface area (Å²) in [6.45, 7) is 4.57. The number of esters is 1. The fourth-order valence-corrected chi connectivity index (χ4v) is 8.88. The van der Waals surface area contributed by atoms with Gasteiger partial charge in [0.05, 0.1) is 6.10 Å². The summed E-state index contributed by atoms with van der Waals surface area (Å²) in [5.74, 6) is 0.412. The van der Waals surface area contributed by atoms with Crippen LogP contribution in [0.25, 0.3) is 0 Å². The minimum Gasteiger partial charge on any atom is -0.458 e. The Hall–Kier alpha value is -1.69. The van der Waals surface area contributed by atoms with Crippen LogP contribution in [0.5, 0.6) is 0 Å². The predicted octanol–water partition coefficient (Wildman–Crippen LogP) is 3.04. The van der Waals surface area contributed by atoms with E-state index in [0.717, 1.165) is 37.7 Å². The van der Waals surface area contributed by atoms with Crippen LogP contribution in [0.1, 0.15) is 65.2 Å². The van der Waals surface area contributed by atoms with Gasteiger partial charge in [-0.05, 0) is 50.5 Å². The van der Waals surface area contributed by atoms with Gasteiger partial charge in [-0.2, -0.15) is 0 Å². The molecule has 6 heteroatoms. The van der Waals surface area contributed by atoms with Gasteiger partial charge in [0.25, 0.3) is 0 Å². The highest BCUT2D eigenvalue weighted by Gasteiger charge is 2.83. The zero-order valence-corrected chi connectivity index (χ0v) is 19.0. The molecule has 6 nitrogen and oxygen atoms in total. The van der Waals surface area contributed by atoms with E-state index in [1.165, 1.54) is 0 Å². The third-order valence-electron chi connectivity index (χ3n) is 10.5. The van der Waals surface area contributed by atoms with E-state index in [0.29, 0.717) is 19.3 Å². The Morgan fingerprint density at radius 2 is 1.90 bits per heavy atom. The van der Waals surface area contributed by atoms with Gasteiger partial charge in [0, 0.05) is 49.6 Å². The maximum atomic E-state index is 13.5. The quantitative estimate of drug-likeness (QED) is 0.475. The van der Waals surface area contributed by atoms with Gasteiger partial charge in [0.1, 0.15) is 11.2 Å². The number of hydrogen-bond donors (Lipinski definition) is 0. The average Bonchev–Trinajstić information content (AvgIpc) is 3.20. The maximum absolute atomic E-state index is 13.5. The zero-order valence-electron chi connectivity index (χ0n) is 19.0. The Bertz CT molecular complexity index is 940. The van der Waals surface area contributed by atoms with Crippen molar-refractivity contribution >= 4 is 17.7 Å². The van der Waals surface area contributed by atoms with Crippen molar-refractivity contribution in [3.63, 3.8) is 0 Å². The summed E-state index contributed by atoms with van der Waals surface area (Å²) in [5, 5.41) is 0. The molecule has 4 unspecified atom stereocenters. The lowest BCUT2D eigenvalue weighted by atomic mass is 9.43. The number of nitrogens with zero attached hydrogens (tertiary/aromatic N) is 1. The molecule has 0 aromatic carbocycles. The number of ether oxygens (including phenoxy) is 2.